The van der Waals surface area contributed by atoms with Crippen molar-refractivity contribution in [3.63, 3.8) is 0 Å². The van der Waals surface area contributed by atoms with Crippen LogP contribution >= 0.6 is 0 Å². The molecule has 1 aliphatic carbocycles. The maximum Gasteiger partial charge on any atom is 0.254 e. The number of rotatable bonds is 9. The second kappa shape index (κ2) is 12.8. The summed E-state index contributed by atoms with van der Waals surface area (Å²) < 4.78 is 0. The van der Waals surface area contributed by atoms with E-state index in [0.29, 0.717) is 12.1 Å². The molecule has 3 aliphatic rings. The van der Waals surface area contributed by atoms with E-state index in [1.807, 2.05) is 61.5 Å². The molecule has 8 nitrogen and oxygen atoms in total. The number of piperidine rings is 2. The Balaban J connectivity index is 1.38. The fraction of sp³-hybridized carbons (Fsp3) is 0.382. The van der Waals surface area contributed by atoms with Gasteiger partial charge in [-0.3, -0.25) is 14.4 Å². The van der Waals surface area contributed by atoms with Crippen LogP contribution in [0.5, 0.6) is 5.75 Å². The van der Waals surface area contributed by atoms with Gasteiger partial charge in [0.25, 0.3) is 11.8 Å². The molecule has 0 aromatic heterocycles. The molecule has 3 fully saturated rings. The quantitative estimate of drug-likeness (QED) is 0.313. The third-order valence-electron chi connectivity index (χ3n) is 8.92. The van der Waals surface area contributed by atoms with Crippen LogP contribution < -0.4 is 10.6 Å². The minimum absolute atomic E-state index is 0.0113. The predicted octanol–water partition coefficient (Wildman–Crippen LogP) is 3.80. The van der Waals surface area contributed by atoms with E-state index in [-0.39, 0.29) is 35.6 Å². The molecule has 2 saturated heterocycles. The molecule has 0 radical (unpaired) electrons. The Bertz CT molecular complexity index is 1430. The summed E-state index contributed by atoms with van der Waals surface area (Å²) in [4.78, 5) is 42.7. The Labute approximate surface area is 246 Å². The Morgan fingerprint density at radius 3 is 2.31 bits per heavy atom. The molecule has 2 bridgehead atoms. The third kappa shape index (κ3) is 6.19. The monoisotopic (exact) mass is 569 g/mol. The van der Waals surface area contributed by atoms with Crippen LogP contribution in [0.25, 0.3) is 0 Å². The summed E-state index contributed by atoms with van der Waals surface area (Å²) in [5.74, 6) is -1.26. The molecule has 2 heterocycles. The van der Waals surface area contributed by atoms with E-state index in [9.17, 15) is 24.6 Å². The van der Waals surface area contributed by atoms with E-state index < -0.39 is 30.0 Å². The number of aromatic hydroxyl groups is 1. The number of benzene rings is 3. The molecule has 3 amide bonds. The van der Waals surface area contributed by atoms with Crippen molar-refractivity contribution in [1.82, 2.24) is 15.5 Å². The zero-order valence-corrected chi connectivity index (χ0v) is 24.1. The fourth-order valence-corrected chi connectivity index (χ4v) is 6.45. The van der Waals surface area contributed by atoms with Crippen LogP contribution in [0.4, 0.5) is 0 Å². The highest BCUT2D eigenvalue weighted by atomic mass is 16.3. The summed E-state index contributed by atoms with van der Waals surface area (Å²) in [5, 5.41) is 27.6. The molecular weight excluding hydrogens is 530 g/mol. The molecule has 8 heteroatoms. The topological polar surface area (TPSA) is 119 Å². The molecule has 3 atom stereocenters. The summed E-state index contributed by atoms with van der Waals surface area (Å²) >= 11 is 0. The van der Waals surface area contributed by atoms with Crippen molar-refractivity contribution in [2.24, 2.45) is 5.92 Å². The number of nitrogens with zero attached hydrogens (tertiary/aromatic N) is 1. The SMILES string of the molecule is Cc1ccccc1CNC(=O)[C@@H]1C2CCC(CC2)N1C(=O)[C@@H](O)[C@H](Cc1ccccc1)NC(=O)c1cccc(O)c1C. The van der Waals surface area contributed by atoms with Gasteiger partial charge < -0.3 is 25.7 Å². The number of aryl methyl sites for hydroxylation is 1. The highest BCUT2D eigenvalue weighted by Gasteiger charge is 2.49. The lowest BCUT2D eigenvalue weighted by molar-refractivity contribution is -0.161. The molecule has 42 heavy (non-hydrogen) atoms. The zero-order valence-electron chi connectivity index (χ0n) is 24.1. The average molecular weight is 570 g/mol. The Morgan fingerprint density at radius 2 is 1.60 bits per heavy atom. The third-order valence-corrected chi connectivity index (χ3v) is 8.92. The number of hydrogen-bond donors (Lipinski definition) is 4. The minimum atomic E-state index is -1.57. The van der Waals surface area contributed by atoms with E-state index >= 15 is 0 Å². The van der Waals surface area contributed by atoms with Gasteiger partial charge in [-0.25, -0.2) is 0 Å². The second-order valence-corrected chi connectivity index (χ2v) is 11.6. The number of hydrogen-bond acceptors (Lipinski definition) is 5. The normalized spacial score (nSPS) is 20.9. The van der Waals surface area contributed by atoms with Gasteiger partial charge in [-0.15, -0.1) is 0 Å². The summed E-state index contributed by atoms with van der Waals surface area (Å²) in [6.45, 7) is 4.00. The van der Waals surface area contributed by atoms with Gasteiger partial charge in [-0.05, 0) is 80.7 Å². The Morgan fingerprint density at radius 1 is 0.905 bits per heavy atom. The number of aliphatic hydroxyl groups excluding tert-OH is 1. The lowest BCUT2D eigenvalue weighted by Gasteiger charge is -2.51. The first-order chi connectivity index (χ1) is 20.2. The van der Waals surface area contributed by atoms with Crippen molar-refractivity contribution < 1.29 is 24.6 Å². The summed E-state index contributed by atoms with van der Waals surface area (Å²) in [5.41, 5.74) is 3.60. The molecule has 1 saturated carbocycles. The molecule has 2 aliphatic heterocycles. The molecule has 0 unspecified atom stereocenters. The Hall–Kier alpha value is -4.17. The van der Waals surface area contributed by atoms with Gasteiger partial charge >= 0.3 is 0 Å². The number of phenolic OH excluding ortho intramolecular Hbond substituents is 1. The number of amides is 3. The average Bonchev–Trinajstić information content (AvgIpc) is 3.01. The summed E-state index contributed by atoms with van der Waals surface area (Å²) in [6.07, 6.45) is 1.91. The van der Waals surface area contributed by atoms with E-state index in [0.717, 1.165) is 42.4 Å². The number of fused-ring (bicyclic) bond motifs is 3. The number of nitrogens with one attached hydrogen (secondary N) is 2. The van der Waals surface area contributed by atoms with Gasteiger partial charge in [-0.2, -0.15) is 0 Å². The van der Waals surface area contributed by atoms with Crippen LogP contribution in [0.1, 0.15) is 58.3 Å². The van der Waals surface area contributed by atoms with E-state index in [1.54, 1.807) is 24.0 Å². The molecule has 3 aromatic carbocycles. The lowest BCUT2D eigenvalue weighted by atomic mass is 9.73. The van der Waals surface area contributed by atoms with Crippen LogP contribution in [-0.4, -0.2) is 57.1 Å². The molecule has 3 aromatic rings. The van der Waals surface area contributed by atoms with Crippen LogP contribution in [0.3, 0.4) is 0 Å². The Kier molecular flexibility index (Phi) is 8.92. The van der Waals surface area contributed by atoms with Gasteiger partial charge in [0.2, 0.25) is 5.91 Å². The van der Waals surface area contributed by atoms with Gasteiger partial charge in [0.1, 0.15) is 11.8 Å². The molecule has 0 spiro atoms. The zero-order chi connectivity index (χ0) is 29.8. The largest absolute Gasteiger partial charge is 0.508 e. The second-order valence-electron chi connectivity index (χ2n) is 11.6. The highest BCUT2D eigenvalue weighted by Crippen LogP contribution is 2.40. The molecular formula is C34H39N3O5. The lowest BCUT2D eigenvalue weighted by Crippen LogP contribution is -2.66. The van der Waals surface area contributed by atoms with Crippen LogP contribution in [0, 0.1) is 19.8 Å². The summed E-state index contributed by atoms with van der Waals surface area (Å²) in [7, 11) is 0. The van der Waals surface area contributed by atoms with Crippen molar-refractivity contribution in [3.8, 4) is 5.75 Å². The van der Waals surface area contributed by atoms with Crippen LogP contribution in [0.15, 0.2) is 72.8 Å². The van der Waals surface area contributed by atoms with Crippen molar-refractivity contribution in [3.05, 3.63) is 101 Å². The van der Waals surface area contributed by atoms with Gasteiger partial charge in [0.15, 0.2) is 6.10 Å². The standard InChI is InChI=1S/C34H39N3O5/c1-21-9-6-7-12-25(21)20-35-33(41)30-24-15-17-26(18-16-24)37(30)34(42)31(39)28(19-23-10-4-3-5-11-23)36-32(40)27-13-8-14-29(38)22(27)2/h3-14,24,26,28,30-31,38-39H,15-20H2,1-2H3,(H,35,41)(H,36,40)/t24?,26?,28-,30-,31-/m0/s1. The molecule has 6 rings (SSSR count). The molecule has 4 N–H and O–H groups in total. The van der Waals surface area contributed by atoms with E-state index in [2.05, 4.69) is 10.6 Å². The van der Waals surface area contributed by atoms with E-state index in [1.165, 1.54) is 6.07 Å². The number of carbonyl (C=O) groups is 3. The fourth-order valence-electron chi connectivity index (χ4n) is 6.45. The minimum Gasteiger partial charge on any atom is -0.508 e. The summed E-state index contributed by atoms with van der Waals surface area (Å²) in [6, 6.07) is 20.1. The van der Waals surface area contributed by atoms with E-state index in [4.69, 9.17) is 0 Å². The highest BCUT2D eigenvalue weighted by molar-refractivity contribution is 5.97. The maximum atomic E-state index is 14.1. The van der Waals surface area contributed by atoms with Crippen molar-refractivity contribution in [2.75, 3.05) is 0 Å². The first-order valence-corrected chi connectivity index (χ1v) is 14.7. The maximum absolute atomic E-state index is 14.1. The van der Waals surface area contributed by atoms with Crippen molar-refractivity contribution in [1.29, 1.82) is 0 Å². The van der Waals surface area contributed by atoms with Crippen molar-refractivity contribution in [2.45, 2.75) is 76.7 Å². The predicted molar refractivity (Wildman–Crippen MR) is 160 cm³/mol. The smallest absolute Gasteiger partial charge is 0.254 e. The van der Waals surface area contributed by atoms with Crippen molar-refractivity contribution >= 4 is 17.7 Å². The van der Waals surface area contributed by atoms with Gasteiger partial charge in [-0.1, -0.05) is 60.7 Å². The van der Waals surface area contributed by atoms with Gasteiger partial charge in [0, 0.05) is 23.7 Å². The number of phenols is 1. The van der Waals surface area contributed by atoms with Crippen LogP contribution in [-0.2, 0) is 22.6 Å². The number of aliphatic hydroxyl groups is 1. The number of carbonyl (C=O) groups excluding carboxylic acids is 3. The molecule has 220 valence electrons. The first kappa shape index (κ1) is 29.3. The first-order valence-electron chi connectivity index (χ1n) is 14.7. The van der Waals surface area contributed by atoms with Gasteiger partial charge in [0.05, 0.1) is 6.04 Å². The van der Waals surface area contributed by atoms with Crippen LogP contribution in [0.2, 0.25) is 0 Å².